The first kappa shape index (κ1) is 19.2. The topological polar surface area (TPSA) is 61.4 Å². The fourth-order valence-electron chi connectivity index (χ4n) is 3.43. The molecule has 0 fully saturated rings. The predicted octanol–water partition coefficient (Wildman–Crippen LogP) is 5.88. The van der Waals surface area contributed by atoms with E-state index in [1.165, 1.54) is 21.2 Å². The number of rotatable bonds is 9. The van der Waals surface area contributed by atoms with E-state index in [-0.39, 0.29) is 12.5 Å². The number of hydrogen-bond donors (Lipinski definition) is 3. The van der Waals surface area contributed by atoms with E-state index >= 15 is 0 Å². The number of nitrogens with one attached hydrogen (secondary N) is 2. The van der Waals surface area contributed by atoms with Gasteiger partial charge in [0.1, 0.15) is 0 Å². The first-order valence-corrected chi connectivity index (χ1v) is 10.2. The lowest BCUT2D eigenvalue weighted by molar-refractivity contribution is -0.137. The number of aryl methyl sites for hydroxylation is 1. The zero-order chi connectivity index (χ0) is 19.2. The number of thiophene rings is 1. The Bertz CT molecular complexity index is 920. The number of hydrogen-bond acceptors (Lipinski definition) is 4. The Hall–Kier alpha value is -2.53. The molecule has 0 unspecified atom stereocenters. The minimum absolute atomic E-state index is 0.0697. The van der Waals surface area contributed by atoms with Gasteiger partial charge >= 0.3 is 5.97 Å². The summed E-state index contributed by atoms with van der Waals surface area (Å²) in [4.78, 5) is 11.1. The molecule has 3 rings (SSSR count). The maximum Gasteiger partial charge on any atom is 0.305 e. The maximum absolute atomic E-state index is 11.1. The second-order valence-electron chi connectivity index (χ2n) is 6.84. The summed E-state index contributed by atoms with van der Waals surface area (Å²) in [5.41, 5.74) is 4.53. The number of carboxylic acid groups (broad SMARTS) is 1. The van der Waals surface area contributed by atoms with Gasteiger partial charge < -0.3 is 15.7 Å². The summed E-state index contributed by atoms with van der Waals surface area (Å²) in [5.74, 6) is -0.772. The molecule has 142 valence electrons. The first-order valence-electron chi connectivity index (χ1n) is 9.35. The highest BCUT2D eigenvalue weighted by Gasteiger charge is 2.14. The van der Waals surface area contributed by atoms with Crippen LogP contribution < -0.4 is 10.6 Å². The lowest BCUT2D eigenvalue weighted by Gasteiger charge is -2.20. The fraction of sp³-hybridized carbons (Fsp3) is 0.318. The van der Waals surface area contributed by atoms with Crippen molar-refractivity contribution in [3.63, 3.8) is 0 Å². The normalized spacial score (nSPS) is 12.1. The summed E-state index contributed by atoms with van der Waals surface area (Å²) in [6.07, 6.45) is 1.90. The number of anilines is 2. The van der Waals surface area contributed by atoms with Crippen molar-refractivity contribution in [2.75, 3.05) is 10.6 Å². The number of benzene rings is 2. The van der Waals surface area contributed by atoms with Gasteiger partial charge in [-0.2, -0.15) is 0 Å². The van der Waals surface area contributed by atoms with Crippen LogP contribution in [0, 0.1) is 6.92 Å². The van der Waals surface area contributed by atoms with Crippen molar-refractivity contribution in [1.82, 2.24) is 0 Å². The van der Waals surface area contributed by atoms with Crippen LogP contribution in [0.4, 0.5) is 11.4 Å². The summed E-state index contributed by atoms with van der Waals surface area (Å²) in [7, 11) is 0. The van der Waals surface area contributed by atoms with E-state index in [1.807, 2.05) is 24.3 Å². The average Bonchev–Trinajstić information content (AvgIpc) is 3.05. The third-order valence-corrected chi connectivity index (χ3v) is 5.69. The summed E-state index contributed by atoms with van der Waals surface area (Å²) in [6.45, 7) is 4.96. The Balaban J connectivity index is 1.76. The fourth-order valence-corrected chi connectivity index (χ4v) is 4.47. The van der Waals surface area contributed by atoms with Crippen molar-refractivity contribution in [2.45, 2.75) is 45.7 Å². The second kappa shape index (κ2) is 8.91. The molecular weight excluding hydrogens is 356 g/mol. The van der Waals surface area contributed by atoms with E-state index in [0.717, 1.165) is 30.8 Å². The zero-order valence-corrected chi connectivity index (χ0v) is 16.6. The van der Waals surface area contributed by atoms with Crippen LogP contribution in [0.1, 0.15) is 37.3 Å². The molecule has 0 spiro atoms. The molecule has 3 aromatic rings. The highest BCUT2D eigenvalue weighted by atomic mass is 32.1. The maximum atomic E-state index is 11.1. The molecule has 0 bridgehead atoms. The van der Waals surface area contributed by atoms with Gasteiger partial charge in [0, 0.05) is 22.7 Å². The first-order chi connectivity index (χ1) is 13.1. The zero-order valence-electron chi connectivity index (χ0n) is 15.8. The lowest BCUT2D eigenvalue weighted by Crippen LogP contribution is -2.23. The molecule has 0 radical (unpaired) electrons. The summed E-state index contributed by atoms with van der Waals surface area (Å²) < 4.78 is 1.31. The SMILES string of the molecule is CCC[C@@H](CC(=O)O)Nc1ccccc1NCc1csc2cccc(C)c12. The van der Waals surface area contributed by atoms with Crippen molar-refractivity contribution < 1.29 is 9.90 Å². The molecular formula is C22H26N2O2S. The van der Waals surface area contributed by atoms with Gasteiger partial charge in [-0.1, -0.05) is 37.6 Å². The van der Waals surface area contributed by atoms with Crippen LogP contribution in [0.15, 0.2) is 47.8 Å². The number of carbonyl (C=O) groups is 1. The van der Waals surface area contributed by atoms with E-state index in [4.69, 9.17) is 5.11 Å². The molecule has 1 heterocycles. The van der Waals surface area contributed by atoms with Crippen molar-refractivity contribution in [1.29, 1.82) is 0 Å². The van der Waals surface area contributed by atoms with Gasteiger partial charge in [0.2, 0.25) is 0 Å². The second-order valence-corrected chi connectivity index (χ2v) is 7.75. The molecule has 5 heteroatoms. The third-order valence-electron chi connectivity index (χ3n) is 4.70. The smallest absolute Gasteiger partial charge is 0.305 e. The van der Waals surface area contributed by atoms with Gasteiger partial charge in [-0.25, -0.2) is 0 Å². The Morgan fingerprint density at radius 1 is 1.15 bits per heavy atom. The Morgan fingerprint density at radius 2 is 1.93 bits per heavy atom. The van der Waals surface area contributed by atoms with Gasteiger partial charge in [-0.3, -0.25) is 4.79 Å². The number of para-hydroxylation sites is 2. The van der Waals surface area contributed by atoms with Gasteiger partial charge in [-0.05, 0) is 48.1 Å². The number of fused-ring (bicyclic) bond motifs is 1. The Labute approximate surface area is 164 Å². The molecule has 2 aromatic carbocycles. The van der Waals surface area contributed by atoms with Crippen molar-refractivity contribution >= 4 is 38.8 Å². The van der Waals surface area contributed by atoms with Crippen molar-refractivity contribution in [3.05, 3.63) is 59.0 Å². The van der Waals surface area contributed by atoms with E-state index in [0.29, 0.717) is 0 Å². The minimum atomic E-state index is -0.772. The number of aliphatic carboxylic acids is 1. The van der Waals surface area contributed by atoms with Gasteiger partial charge in [0.25, 0.3) is 0 Å². The highest BCUT2D eigenvalue weighted by molar-refractivity contribution is 7.17. The molecule has 4 nitrogen and oxygen atoms in total. The predicted molar refractivity (Wildman–Crippen MR) is 115 cm³/mol. The minimum Gasteiger partial charge on any atom is -0.481 e. The average molecular weight is 383 g/mol. The quantitative estimate of drug-likeness (QED) is 0.433. The van der Waals surface area contributed by atoms with Crippen LogP contribution in [0.25, 0.3) is 10.1 Å². The van der Waals surface area contributed by atoms with Crippen molar-refractivity contribution in [2.24, 2.45) is 0 Å². The molecule has 0 saturated heterocycles. The van der Waals surface area contributed by atoms with E-state index in [1.54, 1.807) is 11.3 Å². The molecule has 0 aliphatic heterocycles. The molecule has 1 atom stereocenters. The van der Waals surface area contributed by atoms with Gasteiger partial charge in [0.15, 0.2) is 0 Å². The Kier molecular flexibility index (Phi) is 6.35. The van der Waals surface area contributed by atoms with Crippen LogP contribution >= 0.6 is 11.3 Å². The molecule has 0 amide bonds. The molecule has 0 aliphatic carbocycles. The summed E-state index contributed by atoms with van der Waals surface area (Å²) in [5, 5.41) is 19.7. The highest BCUT2D eigenvalue weighted by Crippen LogP contribution is 2.30. The van der Waals surface area contributed by atoms with Crippen LogP contribution in [0.2, 0.25) is 0 Å². The standard InChI is InChI=1S/C22H26N2O2S/c1-3-7-17(12-21(25)26)24-19-10-5-4-9-18(19)23-13-16-14-27-20-11-6-8-15(2)22(16)20/h4-6,8-11,14,17,23-24H,3,7,12-13H2,1-2H3,(H,25,26)/t17-/m0/s1. The van der Waals surface area contributed by atoms with E-state index in [2.05, 4.69) is 48.1 Å². The largest absolute Gasteiger partial charge is 0.481 e. The molecule has 3 N–H and O–H groups in total. The third kappa shape index (κ3) is 4.80. The van der Waals surface area contributed by atoms with Gasteiger partial charge in [0.05, 0.1) is 17.8 Å². The van der Waals surface area contributed by atoms with Crippen molar-refractivity contribution in [3.8, 4) is 0 Å². The van der Waals surface area contributed by atoms with E-state index < -0.39 is 5.97 Å². The number of carboxylic acids is 1. The van der Waals surface area contributed by atoms with Gasteiger partial charge in [-0.15, -0.1) is 11.3 Å². The Morgan fingerprint density at radius 3 is 2.67 bits per heavy atom. The monoisotopic (exact) mass is 382 g/mol. The molecule has 0 saturated carbocycles. The molecule has 27 heavy (non-hydrogen) atoms. The van der Waals surface area contributed by atoms with Crippen LogP contribution in [0.5, 0.6) is 0 Å². The molecule has 1 aromatic heterocycles. The molecule has 0 aliphatic rings. The van der Waals surface area contributed by atoms with E-state index in [9.17, 15) is 4.79 Å². The van der Waals surface area contributed by atoms with Crippen LogP contribution in [0.3, 0.4) is 0 Å². The van der Waals surface area contributed by atoms with Crippen LogP contribution in [-0.4, -0.2) is 17.1 Å². The van der Waals surface area contributed by atoms with Crippen LogP contribution in [-0.2, 0) is 11.3 Å². The lowest BCUT2D eigenvalue weighted by atomic mass is 10.1. The summed E-state index contributed by atoms with van der Waals surface area (Å²) >= 11 is 1.77. The summed E-state index contributed by atoms with van der Waals surface area (Å²) in [6, 6.07) is 14.3.